The van der Waals surface area contributed by atoms with Crippen molar-refractivity contribution in [3.05, 3.63) is 83.2 Å². The number of hydrogen-bond acceptors (Lipinski definition) is 5. The van der Waals surface area contributed by atoms with Gasteiger partial charge in [0, 0.05) is 6.42 Å². The van der Waals surface area contributed by atoms with E-state index in [0.717, 1.165) is 17.1 Å². The molecule has 0 amide bonds. The van der Waals surface area contributed by atoms with Crippen LogP contribution in [0.4, 0.5) is 0 Å². The summed E-state index contributed by atoms with van der Waals surface area (Å²) in [6, 6.07) is 21.0. The van der Waals surface area contributed by atoms with E-state index >= 15 is 0 Å². The number of aromatic nitrogens is 3. The Balaban J connectivity index is 1.81. The third-order valence-electron chi connectivity index (χ3n) is 5.34. The first kappa shape index (κ1) is 21.1. The van der Waals surface area contributed by atoms with Crippen LogP contribution in [0.1, 0.15) is 29.4 Å². The first-order valence-electron chi connectivity index (χ1n) is 10.2. The first-order chi connectivity index (χ1) is 15.0. The molecule has 0 aliphatic rings. The van der Waals surface area contributed by atoms with Crippen LogP contribution in [0.5, 0.6) is 0 Å². The van der Waals surface area contributed by atoms with E-state index in [-0.39, 0.29) is 11.2 Å². The molecule has 31 heavy (non-hydrogen) atoms. The molecule has 1 unspecified atom stereocenters. The SMILES string of the molecule is COC(=O)C(C)Sc1nnc(Cc2cccc3ccccc23)n1-c1ccc(C)cc1C. The minimum absolute atomic E-state index is 0.282. The number of hydrogen-bond donors (Lipinski definition) is 0. The second kappa shape index (κ2) is 8.94. The maximum absolute atomic E-state index is 12.0. The molecule has 0 fully saturated rings. The Bertz CT molecular complexity index is 1240. The highest BCUT2D eigenvalue weighted by Gasteiger charge is 2.22. The van der Waals surface area contributed by atoms with Crippen LogP contribution in [0.25, 0.3) is 16.5 Å². The van der Waals surface area contributed by atoms with Crippen LogP contribution in [0, 0.1) is 13.8 Å². The number of nitrogens with zero attached hydrogens (tertiary/aromatic N) is 3. The summed E-state index contributed by atoms with van der Waals surface area (Å²) in [7, 11) is 1.40. The molecular weight excluding hydrogens is 406 g/mol. The second-order valence-electron chi connectivity index (χ2n) is 7.62. The molecule has 0 aliphatic heterocycles. The molecule has 1 atom stereocenters. The lowest BCUT2D eigenvalue weighted by Crippen LogP contribution is -2.16. The van der Waals surface area contributed by atoms with Crippen molar-refractivity contribution in [3.63, 3.8) is 0 Å². The van der Waals surface area contributed by atoms with Crippen molar-refractivity contribution in [1.82, 2.24) is 14.8 Å². The molecule has 0 saturated carbocycles. The number of carbonyl (C=O) groups is 1. The molecule has 0 spiro atoms. The molecule has 4 aromatic rings. The van der Waals surface area contributed by atoms with Crippen LogP contribution < -0.4 is 0 Å². The average Bonchev–Trinajstić information content (AvgIpc) is 3.15. The summed E-state index contributed by atoms with van der Waals surface area (Å²) in [5.41, 5.74) is 4.54. The van der Waals surface area contributed by atoms with E-state index in [2.05, 4.69) is 83.2 Å². The quantitative estimate of drug-likeness (QED) is 0.307. The van der Waals surface area contributed by atoms with Crippen molar-refractivity contribution in [3.8, 4) is 5.69 Å². The highest BCUT2D eigenvalue weighted by molar-refractivity contribution is 8.00. The Morgan fingerprint density at radius 1 is 1.06 bits per heavy atom. The fourth-order valence-electron chi connectivity index (χ4n) is 3.78. The lowest BCUT2D eigenvalue weighted by Gasteiger charge is -2.15. The fourth-order valence-corrected chi connectivity index (χ4v) is 4.68. The van der Waals surface area contributed by atoms with Crippen LogP contribution in [-0.2, 0) is 16.0 Å². The third kappa shape index (κ3) is 4.35. The number of carbonyl (C=O) groups excluding carboxylic acids is 1. The van der Waals surface area contributed by atoms with Gasteiger partial charge in [0.25, 0.3) is 0 Å². The van der Waals surface area contributed by atoms with Crippen molar-refractivity contribution in [1.29, 1.82) is 0 Å². The zero-order chi connectivity index (χ0) is 22.0. The van der Waals surface area contributed by atoms with Gasteiger partial charge in [-0.15, -0.1) is 10.2 Å². The molecule has 0 radical (unpaired) electrons. The number of fused-ring (bicyclic) bond motifs is 1. The number of esters is 1. The maximum Gasteiger partial charge on any atom is 0.318 e. The highest BCUT2D eigenvalue weighted by Crippen LogP contribution is 2.30. The molecule has 6 heteroatoms. The summed E-state index contributed by atoms with van der Waals surface area (Å²) >= 11 is 1.36. The van der Waals surface area contributed by atoms with Gasteiger partial charge in [0.05, 0.1) is 12.8 Å². The van der Waals surface area contributed by atoms with Crippen LogP contribution in [0.15, 0.2) is 65.8 Å². The van der Waals surface area contributed by atoms with Gasteiger partial charge in [-0.25, -0.2) is 0 Å². The van der Waals surface area contributed by atoms with Crippen LogP contribution >= 0.6 is 11.8 Å². The average molecular weight is 432 g/mol. The van der Waals surface area contributed by atoms with Crippen LogP contribution in [0.2, 0.25) is 0 Å². The molecule has 4 rings (SSSR count). The molecule has 158 valence electrons. The Labute approximate surface area is 186 Å². The lowest BCUT2D eigenvalue weighted by atomic mass is 10.0. The van der Waals surface area contributed by atoms with Crippen molar-refractivity contribution >= 4 is 28.5 Å². The maximum atomic E-state index is 12.0. The van der Waals surface area contributed by atoms with Gasteiger partial charge in [0.1, 0.15) is 11.1 Å². The van der Waals surface area contributed by atoms with Gasteiger partial charge in [0.15, 0.2) is 5.16 Å². The molecule has 5 nitrogen and oxygen atoms in total. The minimum atomic E-state index is -0.385. The van der Waals surface area contributed by atoms with E-state index in [1.165, 1.54) is 40.8 Å². The van der Waals surface area contributed by atoms with Crippen LogP contribution in [-0.4, -0.2) is 33.1 Å². The number of ether oxygens (including phenoxy) is 1. The fraction of sp³-hybridized carbons (Fsp3) is 0.240. The molecule has 3 aromatic carbocycles. The molecule has 0 bridgehead atoms. The second-order valence-corrected chi connectivity index (χ2v) is 8.93. The zero-order valence-electron chi connectivity index (χ0n) is 18.1. The number of thioether (sulfide) groups is 1. The summed E-state index contributed by atoms with van der Waals surface area (Å²) in [4.78, 5) is 12.0. The van der Waals surface area contributed by atoms with Gasteiger partial charge < -0.3 is 4.74 Å². The van der Waals surface area contributed by atoms with Gasteiger partial charge in [0.2, 0.25) is 0 Å². The summed E-state index contributed by atoms with van der Waals surface area (Å²) in [6.45, 7) is 5.99. The Morgan fingerprint density at radius 3 is 2.61 bits per heavy atom. The molecule has 0 saturated heterocycles. The molecular formula is C25H25N3O2S. The van der Waals surface area contributed by atoms with E-state index in [9.17, 15) is 4.79 Å². The lowest BCUT2D eigenvalue weighted by molar-refractivity contribution is -0.139. The summed E-state index contributed by atoms with van der Waals surface area (Å²) < 4.78 is 6.97. The monoisotopic (exact) mass is 431 g/mol. The van der Waals surface area contributed by atoms with Crippen molar-refractivity contribution < 1.29 is 9.53 Å². The Hall–Kier alpha value is -3.12. The molecule has 0 aliphatic carbocycles. The van der Waals surface area contributed by atoms with E-state index in [4.69, 9.17) is 4.74 Å². The van der Waals surface area contributed by atoms with E-state index in [1.807, 2.05) is 13.0 Å². The van der Waals surface area contributed by atoms with Crippen LogP contribution in [0.3, 0.4) is 0 Å². The normalized spacial score (nSPS) is 12.1. The minimum Gasteiger partial charge on any atom is -0.468 e. The van der Waals surface area contributed by atoms with Gasteiger partial charge in [-0.1, -0.05) is 71.9 Å². The predicted molar refractivity (Wildman–Crippen MR) is 125 cm³/mol. The number of benzene rings is 3. The number of rotatable bonds is 6. The Morgan fingerprint density at radius 2 is 1.84 bits per heavy atom. The third-order valence-corrected chi connectivity index (χ3v) is 6.36. The Kier molecular flexibility index (Phi) is 6.09. The number of aryl methyl sites for hydroxylation is 2. The van der Waals surface area contributed by atoms with Gasteiger partial charge in [-0.05, 0) is 48.7 Å². The molecule has 1 aromatic heterocycles. The van der Waals surface area contributed by atoms with Gasteiger partial charge >= 0.3 is 5.97 Å². The van der Waals surface area contributed by atoms with Gasteiger partial charge in [-0.2, -0.15) is 0 Å². The van der Waals surface area contributed by atoms with Crippen molar-refractivity contribution in [2.24, 2.45) is 0 Å². The van der Waals surface area contributed by atoms with E-state index < -0.39 is 0 Å². The standard InChI is InChI=1S/C25H25N3O2S/c1-16-12-13-22(17(2)14-16)28-23(26-27-25(28)31-18(3)24(29)30-4)15-20-10-7-9-19-8-5-6-11-21(19)20/h5-14,18H,15H2,1-4H3. The van der Waals surface area contributed by atoms with Crippen molar-refractivity contribution in [2.45, 2.75) is 37.6 Å². The topological polar surface area (TPSA) is 57.0 Å². The van der Waals surface area contributed by atoms with E-state index in [0.29, 0.717) is 11.6 Å². The van der Waals surface area contributed by atoms with Crippen molar-refractivity contribution in [2.75, 3.05) is 7.11 Å². The van der Waals surface area contributed by atoms with E-state index in [1.54, 1.807) is 0 Å². The predicted octanol–water partition coefficient (Wildman–Crippen LogP) is 5.28. The summed E-state index contributed by atoms with van der Waals surface area (Å²) in [5, 5.41) is 11.7. The zero-order valence-corrected chi connectivity index (χ0v) is 18.9. The van der Waals surface area contributed by atoms with Gasteiger partial charge in [-0.3, -0.25) is 9.36 Å². The smallest absolute Gasteiger partial charge is 0.318 e. The number of methoxy groups -OCH3 is 1. The largest absolute Gasteiger partial charge is 0.468 e. The molecule has 0 N–H and O–H groups in total. The molecule has 1 heterocycles. The summed E-state index contributed by atoms with van der Waals surface area (Å²) in [5.74, 6) is 0.554. The highest BCUT2D eigenvalue weighted by atomic mass is 32.2. The first-order valence-corrected chi connectivity index (χ1v) is 11.1. The summed E-state index contributed by atoms with van der Waals surface area (Å²) in [6.07, 6.45) is 0.634.